The van der Waals surface area contributed by atoms with Crippen molar-refractivity contribution in [1.82, 2.24) is 9.80 Å². The molecule has 0 radical (unpaired) electrons. The molecular weight excluding hydrogens is 364 g/mol. The Labute approximate surface area is 160 Å². The fourth-order valence-corrected chi connectivity index (χ4v) is 3.26. The second-order valence-corrected chi connectivity index (χ2v) is 6.26. The predicted molar refractivity (Wildman–Crippen MR) is 95.5 cm³/mol. The summed E-state index contributed by atoms with van der Waals surface area (Å²) >= 11 is 0. The van der Waals surface area contributed by atoms with Crippen LogP contribution in [0, 0.1) is 0 Å². The van der Waals surface area contributed by atoms with Gasteiger partial charge >= 0.3 is 0 Å². The number of hydrogen-bond donors (Lipinski definition) is 0. The fourth-order valence-electron chi connectivity index (χ4n) is 3.26. The molecular formula is C20H16N2O6. The van der Waals surface area contributed by atoms with E-state index in [1.807, 2.05) is 0 Å². The molecule has 0 unspecified atom stereocenters. The number of imide groups is 2. The number of carbonyl (C=O) groups is 4. The Morgan fingerprint density at radius 2 is 0.821 bits per heavy atom. The third kappa shape index (κ3) is 2.98. The van der Waals surface area contributed by atoms with Crippen molar-refractivity contribution in [1.29, 1.82) is 0 Å². The van der Waals surface area contributed by atoms with Crippen molar-refractivity contribution >= 4 is 23.6 Å². The Morgan fingerprint density at radius 3 is 1.11 bits per heavy atom. The summed E-state index contributed by atoms with van der Waals surface area (Å²) < 4.78 is 0. The normalized spacial score (nSPS) is 15.4. The lowest BCUT2D eigenvalue weighted by Gasteiger charge is -2.15. The number of benzene rings is 2. The smallest absolute Gasteiger partial charge is 0.261 e. The van der Waals surface area contributed by atoms with Gasteiger partial charge in [-0.05, 0) is 24.3 Å². The Balaban J connectivity index is 1.22. The molecule has 0 fully saturated rings. The van der Waals surface area contributed by atoms with E-state index in [1.165, 1.54) is 0 Å². The van der Waals surface area contributed by atoms with Crippen molar-refractivity contribution in [3.8, 4) is 0 Å². The third-order valence-electron chi connectivity index (χ3n) is 4.64. The van der Waals surface area contributed by atoms with Crippen molar-refractivity contribution in [2.45, 2.75) is 0 Å². The molecule has 0 spiro atoms. The first-order valence-electron chi connectivity index (χ1n) is 8.74. The summed E-state index contributed by atoms with van der Waals surface area (Å²) in [5.74, 6) is -1.46. The Hall–Kier alpha value is -3.36. The molecule has 0 aromatic heterocycles. The van der Waals surface area contributed by atoms with E-state index >= 15 is 0 Å². The number of hydrogen-bond acceptors (Lipinski definition) is 6. The standard InChI is InChI=1S/C20H16N2O6/c23-17-13-5-1-2-6-14(13)18(24)21(17)9-11-27-28-12-10-22-19(25)15-7-3-4-8-16(15)20(22)26/h1-8H,9-12H2. The summed E-state index contributed by atoms with van der Waals surface area (Å²) in [5.41, 5.74) is 1.50. The molecule has 8 nitrogen and oxygen atoms in total. The quantitative estimate of drug-likeness (QED) is 0.313. The second kappa shape index (κ2) is 7.34. The SMILES string of the molecule is O=C1c2ccccc2C(=O)N1CCOOCCN1C(=O)c2ccccc2C1=O. The fraction of sp³-hybridized carbons (Fsp3) is 0.200. The number of nitrogens with zero attached hydrogens (tertiary/aromatic N) is 2. The van der Waals surface area contributed by atoms with Crippen LogP contribution in [0.15, 0.2) is 48.5 Å². The van der Waals surface area contributed by atoms with Gasteiger partial charge in [-0.2, -0.15) is 0 Å². The number of fused-ring (bicyclic) bond motifs is 2. The van der Waals surface area contributed by atoms with Gasteiger partial charge in [0, 0.05) is 0 Å². The van der Waals surface area contributed by atoms with Crippen LogP contribution in [0.4, 0.5) is 0 Å². The van der Waals surface area contributed by atoms with Crippen molar-refractivity contribution in [3.05, 3.63) is 70.8 Å². The molecule has 4 amide bonds. The Morgan fingerprint density at radius 1 is 0.536 bits per heavy atom. The van der Waals surface area contributed by atoms with Crippen LogP contribution in [0.5, 0.6) is 0 Å². The van der Waals surface area contributed by atoms with Gasteiger partial charge in [0.05, 0.1) is 35.3 Å². The minimum Gasteiger partial charge on any atom is -0.272 e. The van der Waals surface area contributed by atoms with Gasteiger partial charge in [-0.15, -0.1) is 0 Å². The van der Waals surface area contributed by atoms with Crippen molar-refractivity contribution in [3.63, 3.8) is 0 Å². The molecule has 4 rings (SSSR count). The first-order chi connectivity index (χ1) is 13.6. The average Bonchev–Trinajstić information content (AvgIpc) is 3.11. The van der Waals surface area contributed by atoms with Gasteiger partial charge in [-0.1, -0.05) is 24.3 Å². The van der Waals surface area contributed by atoms with Crippen LogP contribution in [-0.4, -0.2) is 59.7 Å². The molecule has 2 aliphatic heterocycles. The van der Waals surface area contributed by atoms with E-state index in [2.05, 4.69) is 0 Å². The highest BCUT2D eigenvalue weighted by Crippen LogP contribution is 2.23. The first kappa shape index (κ1) is 18.0. The number of carbonyl (C=O) groups excluding carboxylic acids is 4. The highest BCUT2D eigenvalue weighted by atomic mass is 17.2. The summed E-state index contributed by atoms with van der Waals surface area (Å²) in [4.78, 5) is 61.0. The van der Waals surface area contributed by atoms with Crippen LogP contribution in [0.2, 0.25) is 0 Å². The highest BCUT2D eigenvalue weighted by Gasteiger charge is 2.35. The van der Waals surface area contributed by atoms with Crippen molar-refractivity contribution in [2.24, 2.45) is 0 Å². The minimum absolute atomic E-state index is 0.0203. The highest BCUT2D eigenvalue weighted by molar-refractivity contribution is 6.22. The van der Waals surface area contributed by atoms with Gasteiger partial charge in [0.2, 0.25) is 0 Å². The van der Waals surface area contributed by atoms with Crippen LogP contribution < -0.4 is 0 Å². The van der Waals surface area contributed by atoms with E-state index in [4.69, 9.17) is 9.78 Å². The molecule has 2 aromatic rings. The maximum Gasteiger partial charge on any atom is 0.261 e. The van der Waals surface area contributed by atoms with Crippen LogP contribution in [-0.2, 0) is 9.78 Å². The van der Waals surface area contributed by atoms with E-state index in [9.17, 15) is 19.2 Å². The Kier molecular flexibility index (Phi) is 4.72. The summed E-state index contributed by atoms with van der Waals surface area (Å²) in [6.45, 7) is 0.0416. The van der Waals surface area contributed by atoms with Crippen LogP contribution >= 0.6 is 0 Å². The summed E-state index contributed by atoms with van der Waals surface area (Å²) in [6.07, 6.45) is 0. The topological polar surface area (TPSA) is 93.2 Å². The lowest BCUT2D eigenvalue weighted by molar-refractivity contribution is -0.294. The molecule has 0 N–H and O–H groups in total. The zero-order chi connectivity index (χ0) is 19.7. The van der Waals surface area contributed by atoms with Crippen LogP contribution in [0.25, 0.3) is 0 Å². The molecule has 0 aliphatic carbocycles. The van der Waals surface area contributed by atoms with E-state index in [0.717, 1.165) is 9.80 Å². The zero-order valence-corrected chi connectivity index (χ0v) is 14.8. The van der Waals surface area contributed by atoms with E-state index < -0.39 is 0 Å². The predicted octanol–water partition coefficient (Wildman–Crippen LogP) is 1.53. The average molecular weight is 380 g/mol. The van der Waals surface area contributed by atoms with Gasteiger partial charge in [0.1, 0.15) is 13.2 Å². The van der Waals surface area contributed by atoms with Gasteiger partial charge < -0.3 is 0 Å². The second-order valence-electron chi connectivity index (χ2n) is 6.26. The minimum atomic E-state index is -0.366. The maximum absolute atomic E-state index is 12.2. The molecule has 0 saturated carbocycles. The van der Waals surface area contributed by atoms with Gasteiger partial charge in [0.15, 0.2) is 0 Å². The molecule has 28 heavy (non-hydrogen) atoms. The molecule has 0 bridgehead atoms. The zero-order valence-electron chi connectivity index (χ0n) is 14.8. The van der Waals surface area contributed by atoms with Gasteiger partial charge in [0.25, 0.3) is 23.6 Å². The number of rotatable bonds is 7. The van der Waals surface area contributed by atoms with E-state index in [1.54, 1.807) is 48.5 Å². The third-order valence-corrected chi connectivity index (χ3v) is 4.64. The maximum atomic E-state index is 12.2. The molecule has 0 saturated heterocycles. The largest absolute Gasteiger partial charge is 0.272 e. The lowest BCUT2D eigenvalue weighted by atomic mass is 10.1. The monoisotopic (exact) mass is 380 g/mol. The Bertz CT molecular complexity index is 837. The molecule has 2 aromatic carbocycles. The first-order valence-corrected chi connectivity index (χ1v) is 8.74. The van der Waals surface area contributed by atoms with Gasteiger partial charge in [-0.3, -0.25) is 29.0 Å². The molecule has 8 heteroatoms. The van der Waals surface area contributed by atoms with Gasteiger partial charge in [-0.25, -0.2) is 9.78 Å². The number of amides is 4. The molecule has 2 heterocycles. The molecule has 0 atom stereocenters. The van der Waals surface area contributed by atoms with Crippen LogP contribution in [0.3, 0.4) is 0 Å². The lowest BCUT2D eigenvalue weighted by Crippen LogP contribution is -2.34. The van der Waals surface area contributed by atoms with E-state index in [0.29, 0.717) is 22.3 Å². The van der Waals surface area contributed by atoms with Crippen molar-refractivity contribution < 1.29 is 29.0 Å². The summed E-state index contributed by atoms with van der Waals surface area (Å²) in [7, 11) is 0. The molecule has 142 valence electrons. The summed E-state index contributed by atoms with van der Waals surface area (Å²) in [5, 5.41) is 0. The molecule has 2 aliphatic rings. The summed E-state index contributed by atoms with van der Waals surface area (Å²) in [6, 6.07) is 13.2. The van der Waals surface area contributed by atoms with E-state index in [-0.39, 0.29) is 49.9 Å². The van der Waals surface area contributed by atoms with Crippen molar-refractivity contribution in [2.75, 3.05) is 26.3 Å². The van der Waals surface area contributed by atoms with Crippen LogP contribution in [0.1, 0.15) is 41.4 Å².